The smallest absolute Gasteiger partial charge is 0.410 e. The molecule has 0 unspecified atom stereocenters. The van der Waals surface area contributed by atoms with Crippen molar-refractivity contribution in [3.63, 3.8) is 0 Å². The molecule has 2 aromatic carbocycles. The number of hydrogen-bond acceptors (Lipinski definition) is 6. The molecule has 1 fully saturated rings. The van der Waals surface area contributed by atoms with Gasteiger partial charge < -0.3 is 15.8 Å². The highest BCUT2D eigenvalue weighted by molar-refractivity contribution is 5.91. The van der Waals surface area contributed by atoms with Crippen LogP contribution >= 0.6 is 0 Å². The maximum absolute atomic E-state index is 12.9. The fraction of sp³-hybridized carbons (Fsp3) is 0.318. The van der Waals surface area contributed by atoms with E-state index >= 15 is 0 Å². The quantitative estimate of drug-likeness (QED) is 0.474. The van der Waals surface area contributed by atoms with Gasteiger partial charge in [-0.25, -0.2) is 4.79 Å². The molecular formula is C22H24N4O6. The van der Waals surface area contributed by atoms with Gasteiger partial charge in [-0.3, -0.25) is 24.6 Å². The number of carbonyl (C=O) groups is 3. The number of nitrogens with one attached hydrogen (secondary N) is 1. The summed E-state index contributed by atoms with van der Waals surface area (Å²) in [6.07, 6.45) is 0.247. The molecule has 2 aromatic rings. The molecule has 0 spiro atoms. The molecule has 0 bridgehead atoms. The summed E-state index contributed by atoms with van der Waals surface area (Å²) < 4.78 is 5.32. The van der Waals surface area contributed by atoms with Crippen LogP contribution in [0.25, 0.3) is 0 Å². The third-order valence-electron chi connectivity index (χ3n) is 5.27. The molecule has 1 heterocycles. The predicted octanol–water partition coefficient (Wildman–Crippen LogP) is 1.91. The Labute approximate surface area is 184 Å². The molecule has 0 radical (unpaired) electrons. The van der Waals surface area contributed by atoms with Gasteiger partial charge in [-0.15, -0.1) is 0 Å². The Morgan fingerprint density at radius 3 is 2.53 bits per heavy atom. The molecule has 1 saturated heterocycles. The molecular weight excluding hydrogens is 416 g/mol. The van der Waals surface area contributed by atoms with E-state index in [0.717, 1.165) is 5.56 Å². The number of likely N-dealkylation sites (tertiary alicyclic amines) is 1. The van der Waals surface area contributed by atoms with Crippen molar-refractivity contribution in [3.05, 3.63) is 75.8 Å². The van der Waals surface area contributed by atoms with Crippen LogP contribution in [0.5, 0.6) is 0 Å². The number of rotatable bonds is 8. The van der Waals surface area contributed by atoms with Crippen LogP contribution in [-0.4, -0.2) is 46.4 Å². The number of nitrogens with two attached hydrogens (primary N) is 1. The fourth-order valence-electron chi connectivity index (χ4n) is 3.63. The Balaban J connectivity index is 1.64. The van der Waals surface area contributed by atoms with E-state index in [-0.39, 0.29) is 24.3 Å². The molecule has 32 heavy (non-hydrogen) atoms. The van der Waals surface area contributed by atoms with E-state index in [9.17, 15) is 24.5 Å². The van der Waals surface area contributed by atoms with E-state index in [1.165, 1.54) is 23.1 Å². The van der Waals surface area contributed by atoms with E-state index in [4.69, 9.17) is 10.5 Å². The molecule has 10 nitrogen and oxygen atoms in total. The van der Waals surface area contributed by atoms with E-state index in [1.807, 2.05) is 30.3 Å². The average Bonchev–Trinajstić information content (AvgIpc) is 3.28. The summed E-state index contributed by atoms with van der Waals surface area (Å²) in [5.41, 5.74) is 6.36. The first-order valence-electron chi connectivity index (χ1n) is 10.2. The normalized spacial score (nSPS) is 16.2. The molecule has 0 aliphatic carbocycles. The number of carbonyl (C=O) groups excluding carboxylic acids is 3. The minimum absolute atomic E-state index is 0.0755. The fourth-order valence-corrected chi connectivity index (χ4v) is 3.63. The Hall–Kier alpha value is -3.95. The second-order valence-corrected chi connectivity index (χ2v) is 7.45. The number of ether oxygens (including phenoxy) is 1. The number of amides is 3. The van der Waals surface area contributed by atoms with Gasteiger partial charge in [0.05, 0.1) is 4.92 Å². The summed E-state index contributed by atoms with van der Waals surface area (Å²) in [7, 11) is 0. The van der Waals surface area contributed by atoms with Crippen LogP contribution < -0.4 is 11.1 Å². The molecule has 0 aromatic heterocycles. The Morgan fingerprint density at radius 1 is 1.16 bits per heavy atom. The van der Waals surface area contributed by atoms with E-state index in [2.05, 4.69) is 5.32 Å². The summed E-state index contributed by atoms with van der Waals surface area (Å²) in [6, 6.07) is 13.1. The number of para-hydroxylation sites is 1. The zero-order valence-electron chi connectivity index (χ0n) is 17.3. The minimum Gasteiger partial charge on any atom is -0.445 e. The Kier molecular flexibility index (Phi) is 7.37. The summed E-state index contributed by atoms with van der Waals surface area (Å²) in [5.74, 6) is -1.38. The van der Waals surface area contributed by atoms with Crippen LogP contribution in [0.1, 0.15) is 24.0 Å². The van der Waals surface area contributed by atoms with Gasteiger partial charge in [-0.05, 0) is 18.4 Å². The second-order valence-electron chi connectivity index (χ2n) is 7.45. The maximum atomic E-state index is 12.9. The van der Waals surface area contributed by atoms with Crippen molar-refractivity contribution in [2.45, 2.75) is 38.0 Å². The van der Waals surface area contributed by atoms with Crippen molar-refractivity contribution in [1.29, 1.82) is 0 Å². The summed E-state index contributed by atoms with van der Waals surface area (Å²) in [4.78, 5) is 49.3. The van der Waals surface area contributed by atoms with Crippen LogP contribution in [0.3, 0.4) is 0 Å². The molecule has 3 amide bonds. The first-order valence-corrected chi connectivity index (χ1v) is 10.2. The molecule has 0 saturated carbocycles. The number of benzene rings is 2. The maximum Gasteiger partial charge on any atom is 0.410 e. The largest absolute Gasteiger partial charge is 0.445 e. The highest BCUT2D eigenvalue weighted by atomic mass is 16.6. The van der Waals surface area contributed by atoms with Crippen LogP contribution in [0.15, 0.2) is 54.6 Å². The van der Waals surface area contributed by atoms with Gasteiger partial charge in [0.25, 0.3) is 5.69 Å². The molecule has 3 N–H and O–H groups in total. The average molecular weight is 440 g/mol. The van der Waals surface area contributed by atoms with Gasteiger partial charge in [-0.1, -0.05) is 48.5 Å². The first-order chi connectivity index (χ1) is 15.4. The predicted molar refractivity (Wildman–Crippen MR) is 114 cm³/mol. The summed E-state index contributed by atoms with van der Waals surface area (Å²) in [6.45, 7) is 0.420. The molecule has 1 aliphatic rings. The minimum atomic E-state index is -1.16. The summed E-state index contributed by atoms with van der Waals surface area (Å²) in [5, 5.41) is 13.8. The number of nitrogens with zero attached hydrogens (tertiary/aromatic N) is 2. The lowest BCUT2D eigenvalue weighted by atomic mass is 10.0. The number of nitro groups is 1. The molecule has 3 rings (SSSR count). The Morgan fingerprint density at radius 2 is 1.84 bits per heavy atom. The zero-order valence-corrected chi connectivity index (χ0v) is 17.3. The van der Waals surface area contributed by atoms with Gasteiger partial charge in [-0.2, -0.15) is 0 Å². The van der Waals surface area contributed by atoms with Gasteiger partial charge in [0.2, 0.25) is 11.8 Å². The van der Waals surface area contributed by atoms with E-state index < -0.39 is 34.9 Å². The van der Waals surface area contributed by atoms with Crippen molar-refractivity contribution >= 4 is 23.6 Å². The highest BCUT2D eigenvalue weighted by Gasteiger charge is 2.36. The van der Waals surface area contributed by atoms with Crippen LogP contribution in [0, 0.1) is 10.1 Å². The number of nitro benzene ring substituents is 1. The SMILES string of the molecule is NC(=O)[C@@H](Cc1ccccc1[N+](=O)[O-])NC(=O)[C@H]1CCCN1C(=O)OCc1ccccc1. The standard InChI is InChI=1S/C22H24N4O6/c23-20(27)17(13-16-9-4-5-10-18(16)26(30)31)24-21(28)19-11-6-12-25(19)22(29)32-14-15-7-2-1-3-8-15/h1-5,7-10,17,19H,6,11-14H2,(H2,23,27)(H,24,28)/t17-,19-/m1/s1. The van der Waals surface area contributed by atoms with Gasteiger partial charge >= 0.3 is 6.09 Å². The number of primary amides is 1. The van der Waals surface area contributed by atoms with Gasteiger partial charge in [0.15, 0.2) is 0 Å². The lowest BCUT2D eigenvalue weighted by Gasteiger charge is -2.25. The summed E-state index contributed by atoms with van der Waals surface area (Å²) >= 11 is 0. The zero-order chi connectivity index (χ0) is 23.1. The van der Waals surface area contributed by atoms with Crippen molar-refractivity contribution in [3.8, 4) is 0 Å². The van der Waals surface area contributed by atoms with Gasteiger partial charge in [0, 0.05) is 24.6 Å². The molecule has 2 atom stereocenters. The third-order valence-corrected chi connectivity index (χ3v) is 5.27. The lowest BCUT2D eigenvalue weighted by molar-refractivity contribution is -0.385. The molecule has 10 heteroatoms. The molecule has 168 valence electrons. The van der Waals surface area contributed by atoms with Crippen LogP contribution in [-0.2, 0) is 27.4 Å². The van der Waals surface area contributed by atoms with Crippen LogP contribution in [0.4, 0.5) is 10.5 Å². The van der Waals surface area contributed by atoms with Crippen LogP contribution in [0.2, 0.25) is 0 Å². The lowest BCUT2D eigenvalue weighted by Crippen LogP contribution is -2.53. The first kappa shape index (κ1) is 22.7. The van der Waals surface area contributed by atoms with Crippen molar-refractivity contribution in [2.75, 3.05) is 6.54 Å². The van der Waals surface area contributed by atoms with Crippen molar-refractivity contribution in [1.82, 2.24) is 10.2 Å². The van der Waals surface area contributed by atoms with E-state index in [0.29, 0.717) is 19.4 Å². The number of hydrogen-bond donors (Lipinski definition) is 2. The topological polar surface area (TPSA) is 145 Å². The molecule has 1 aliphatic heterocycles. The monoisotopic (exact) mass is 440 g/mol. The highest BCUT2D eigenvalue weighted by Crippen LogP contribution is 2.21. The second kappa shape index (κ2) is 10.4. The third kappa shape index (κ3) is 5.60. The van der Waals surface area contributed by atoms with E-state index in [1.54, 1.807) is 6.07 Å². The van der Waals surface area contributed by atoms with Gasteiger partial charge in [0.1, 0.15) is 18.7 Å². The van der Waals surface area contributed by atoms with Crippen molar-refractivity contribution in [2.24, 2.45) is 5.73 Å². The van der Waals surface area contributed by atoms with Crippen molar-refractivity contribution < 1.29 is 24.0 Å². The Bertz CT molecular complexity index is 997.